The molecule has 1 aliphatic heterocycles. The van der Waals surface area contributed by atoms with E-state index in [-0.39, 0.29) is 5.57 Å². The summed E-state index contributed by atoms with van der Waals surface area (Å²) in [7, 11) is 0. The van der Waals surface area contributed by atoms with Crippen LogP contribution in [0.1, 0.15) is 38.1 Å². The Hall–Kier alpha value is -2.15. The van der Waals surface area contributed by atoms with E-state index in [1.807, 2.05) is 6.92 Å². The molecule has 1 atom stereocenters. The molecule has 1 aromatic heterocycles. The van der Waals surface area contributed by atoms with Gasteiger partial charge in [-0.3, -0.25) is 0 Å². The van der Waals surface area contributed by atoms with E-state index in [1.54, 1.807) is 25.4 Å². The van der Waals surface area contributed by atoms with Crippen LogP contribution in [-0.2, 0) is 14.3 Å². The van der Waals surface area contributed by atoms with Gasteiger partial charge in [0.1, 0.15) is 5.01 Å². The maximum atomic E-state index is 12.4. The normalized spacial score (nSPS) is 18.2. The molecule has 2 heterocycles. The highest BCUT2D eigenvalue weighted by Gasteiger charge is 2.38. The van der Waals surface area contributed by atoms with E-state index < -0.39 is 17.9 Å². The topological polar surface area (TPSA) is 88.5 Å². The number of hydrogen-bond donors (Lipinski definition) is 2. The van der Waals surface area contributed by atoms with Crippen LogP contribution < -0.4 is 5.32 Å². The Morgan fingerprint density at radius 3 is 2.59 bits per heavy atom. The molecule has 6 nitrogen and oxygen atoms in total. The standard InChI is InChI=1S/C15H18N2O4S/c1-4-6-21-15(20)11-9(3)17-8(2)10(14(18)19)12(11)13-16-5-7-22-13/h5,7,12,17H,4,6H2,1-3H3,(H,18,19). The molecule has 0 bridgehead atoms. The van der Waals surface area contributed by atoms with Gasteiger partial charge in [0.2, 0.25) is 0 Å². The van der Waals surface area contributed by atoms with Gasteiger partial charge in [-0.05, 0) is 20.3 Å². The molecular formula is C15H18N2O4S. The van der Waals surface area contributed by atoms with Gasteiger partial charge < -0.3 is 15.2 Å². The fourth-order valence-corrected chi connectivity index (χ4v) is 3.20. The average Bonchev–Trinajstić information content (AvgIpc) is 2.97. The largest absolute Gasteiger partial charge is 0.478 e. The Balaban J connectivity index is 2.51. The zero-order valence-corrected chi connectivity index (χ0v) is 13.5. The molecule has 1 aliphatic rings. The predicted octanol–water partition coefficient (Wildman–Crippen LogP) is 2.42. The predicted molar refractivity (Wildman–Crippen MR) is 82.3 cm³/mol. The first-order chi connectivity index (χ1) is 10.5. The summed E-state index contributed by atoms with van der Waals surface area (Å²) in [5.74, 6) is -2.28. The van der Waals surface area contributed by atoms with Crippen LogP contribution in [0.25, 0.3) is 0 Å². The molecular weight excluding hydrogens is 304 g/mol. The fourth-order valence-electron chi connectivity index (χ4n) is 2.44. The van der Waals surface area contributed by atoms with Gasteiger partial charge in [-0.15, -0.1) is 11.3 Å². The summed E-state index contributed by atoms with van der Waals surface area (Å²) in [5.41, 5.74) is 1.55. The summed E-state index contributed by atoms with van der Waals surface area (Å²) in [4.78, 5) is 28.3. The van der Waals surface area contributed by atoms with E-state index >= 15 is 0 Å². The number of rotatable bonds is 5. The zero-order chi connectivity index (χ0) is 16.3. The van der Waals surface area contributed by atoms with Crippen LogP contribution in [0.15, 0.2) is 34.1 Å². The molecule has 0 aliphatic carbocycles. The number of ether oxygens (including phenoxy) is 1. The van der Waals surface area contributed by atoms with Crippen molar-refractivity contribution in [3.8, 4) is 0 Å². The van der Waals surface area contributed by atoms with Crippen molar-refractivity contribution in [2.45, 2.75) is 33.1 Å². The Bertz CT molecular complexity index is 647. The number of nitrogens with one attached hydrogen (secondary N) is 1. The molecule has 2 rings (SSSR count). The minimum atomic E-state index is -1.07. The molecule has 22 heavy (non-hydrogen) atoms. The minimum absolute atomic E-state index is 0.129. The average molecular weight is 322 g/mol. The Morgan fingerprint density at radius 1 is 1.36 bits per heavy atom. The minimum Gasteiger partial charge on any atom is -0.478 e. The van der Waals surface area contributed by atoms with E-state index in [9.17, 15) is 14.7 Å². The summed E-state index contributed by atoms with van der Waals surface area (Å²) in [6, 6.07) is 0. The highest BCUT2D eigenvalue weighted by molar-refractivity contribution is 7.09. The van der Waals surface area contributed by atoms with E-state index in [2.05, 4.69) is 10.3 Å². The van der Waals surface area contributed by atoms with E-state index in [0.717, 1.165) is 0 Å². The number of carbonyl (C=O) groups excluding carboxylic acids is 1. The second kappa shape index (κ2) is 6.74. The van der Waals surface area contributed by atoms with Crippen molar-refractivity contribution in [3.63, 3.8) is 0 Å². The SMILES string of the molecule is CCCOC(=O)C1=C(C)NC(C)=C(C(=O)O)C1c1nccs1. The molecule has 2 N–H and O–H groups in total. The lowest BCUT2D eigenvalue weighted by atomic mass is 9.86. The van der Waals surface area contributed by atoms with Crippen LogP contribution in [0.5, 0.6) is 0 Å². The molecule has 7 heteroatoms. The number of carboxylic acid groups (broad SMARTS) is 1. The number of dihydropyridines is 1. The van der Waals surface area contributed by atoms with Gasteiger partial charge in [0.15, 0.2) is 0 Å². The number of hydrogen-bond acceptors (Lipinski definition) is 6. The third-order valence-corrected chi connectivity index (χ3v) is 4.19. The molecule has 0 aromatic carbocycles. The molecule has 0 radical (unpaired) electrons. The number of carboxylic acids is 1. The third kappa shape index (κ3) is 3.04. The van der Waals surface area contributed by atoms with Gasteiger partial charge in [0.05, 0.1) is 23.7 Å². The number of carbonyl (C=O) groups is 2. The molecule has 0 spiro atoms. The summed E-state index contributed by atoms with van der Waals surface area (Å²) < 4.78 is 5.22. The number of allylic oxidation sites excluding steroid dienone is 2. The van der Waals surface area contributed by atoms with Crippen LogP contribution in [0.2, 0.25) is 0 Å². The van der Waals surface area contributed by atoms with Gasteiger partial charge in [0, 0.05) is 23.0 Å². The van der Waals surface area contributed by atoms with Gasteiger partial charge in [0.25, 0.3) is 0 Å². The molecule has 0 amide bonds. The van der Waals surface area contributed by atoms with Crippen LogP contribution in [-0.4, -0.2) is 28.6 Å². The third-order valence-electron chi connectivity index (χ3n) is 3.35. The fraction of sp³-hybridized carbons (Fsp3) is 0.400. The first kappa shape index (κ1) is 16.2. The van der Waals surface area contributed by atoms with Crippen molar-refractivity contribution < 1.29 is 19.4 Å². The Kier molecular flexibility index (Phi) is 4.97. The highest BCUT2D eigenvalue weighted by Crippen LogP contribution is 2.39. The number of aliphatic carboxylic acids is 1. The lowest BCUT2D eigenvalue weighted by Gasteiger charge is -2.28. The maximum Gasteiger partial charge on any atom is 0.336 e. The highest BCUT2D eigenvalue weighted by atomic mass is 32.1. The summed E-state index contributed by atoms with van der Waals surface area (Å²) in [5, 5.41) is 14.8. The van der Waals surface area contributed by atoms with Gasteiger partial charge in [-0.25, -0.2) is 14.6 Å². The number of esters is 1. The molecule has 1 unspecified atom stereocenters. The molecule has 0 saturated heterocycles. The van der Waals surface area contributed by atoms with Crippen LogP contribution in [0.3, 0.4) is 0 Å². The van der Waals surface area contributed by atoms with Crippen molar-refractivity contribution >= 4 is 23.3 Å². The van der Waals surface area contributed by atoms with Crippen LogP contribution in [0, 0.1) is 0 Å². The van der Waals surface area contributed by atoms with Crippen molar-refractivity contribution in [2.24, 2.45) is 0 Å². The Labute approximate surface area is 132 Å². The van der Waals surface area contributed by atoms with Crippen molar-refractivity contribution in [3.05, 3.63) is 39.1 Å². The summed E-state index contributed by atoms with van der Waals surface area (Å²) >= 11 is 1.32. The monoisotopic (exact) mass is 322 g/mol. The van der Waals surface area contributed by atoms with Gasteiger partial charge in [-0.1, -0.05) is 6.92 Å². The van der Waals surface area contributed by atoms with E-state index in [0.29, 0.717) is 35.0 Å². The Morgan fingerprint density at radius 2 is 2.05 bits per heavy atom. The zero-order valence-electron chi connectivity index (χ0n) is 12.7. The van der Waals surface area contributed by atoms with Crippen molar-refractivity contribution in [2.75, 3.05) is 6.61 Å². The van der Waals surface area contributed by atoms with Crippen molar-refractivity contribution in [1.82, 2.24) is 10.3 Å². The summed E-state index contributed by atoms with van der Waals surface area (Å²) in [6.07, 6.45) is 2.30. The number of thiazole rings is 1. The first-order valence-corrected chi connectivity index (χ1v) is 7.83. The number of nitrogens with zero attached hydrogens (tertiary/aromatic N) is 1. The molecule has 118 valence electrons. The van der Waals surface area contributed by atoms with Crippen LogP contribution in [0.4, 0.5) is 0 Å². The van der Waals surface area contributed by atoms with Gasteiger partial charge >= 0.3 is 11.9 Å². The lowest BCUT2D eigenvalue weighted by Crippen LogP contribution is -2.31. The van der Waals surface area contributed by atoms with E-state index in [1.165, 1.54) is 11.3 Å². The quantitative estimate of drug-likeness (QED) is 0.809. The second-order valence-corrected chi connectivity index (χ2v) is 5.87. The number of aromatic nitrogens is 1. The maximum absolute atomic E-state index is 12.4. The first-order valence-electron chi connectivity index (χ1n) is 6.95. The van der Waals surface area contributed by atoms with Gasteiger partial charge in [-0.2, -0.15) is 0 Å². The summed E-state index contributed by atoms with van der Waals surface area (Å²) in [6.45, 7) is 5.62. The second-order valence-electron chi connectivity index (χ2n) is 4.95. The molecule has 1 aromatic rings. The van der Waals surface area contributed by atoms with Crippen LogP contribution >= 0.6 is 11.3 Å². The molecule has 0 fully saturated rings. The lowest BCUT2D eigenvalue weighted by molar-refractivity contribution is -0.139. The van der Waals surface area contributed by atoms with E-state index in [4.69, 9.17) is 4.74 Å². The molecule has 0 saturated carbocycles. The van der Waals surface area contributed by atoms with Crippen molar-refractivity contribution in [1.29, 1.82) is 0 Å². The smallest absolute Gasteiger partial charge is 0.336 e.